The Morgan fingerprint density at radius 1 is 1.29 bits per heavy atom. The zero-order valence-electron chi connectivity index (χ0n) is 13.3. The van der Waals surface area contributed by atoms with Crippen LogP contribution < -0.4 is 5.73 Å². The minimum atomic E-state index is -0.365. The first kappa shape index (κ1) is 16.0. The van der Waals surface area contributed by atoms with Gasteiger partial charge in [0.1, 0.15) is 0 Å². The van der Waals surface area contributed by atoms with Crippen molar-refractivity contribution in [1.82, 2.24) is 4.90 Å². The van der Waals surface area contributed by atoms with Gasteiger partial charge in [0, 0.05) is 13.1 Å². The summed E-state index contributed by atoms with van der Waals surface area (Å²) in [6.45, 7) is 6.29. The second-order valence-electron chi connectivity index (χ2n) is 6.62. The molecule has 21 heavy (non-hydrogen) atoms. The number of benzene rings is 1. The second-order valence-corrected chi connectivity index (χ2v) is 6.62. The van der Waals surface area contributed by atoms with E-state index in [1.807, 2.05) is 23.1 Å². The van der Waals surface area contributed by atoms with Gasteiger partial charge in [0.2, 0.25) is 5.91 Å². The molecule has 0 aromatic heterocycles. The Balaban J connectivity index is 1.80. The number of piperidine rings is 1. The van der Waals surface area contributed by atoms with Crippen LogP contribution in [-0.4, -0.2) is 29.9 Å². The van der Waals surface area contributed by atoms with Gasteiger partial charge in [-0.1, -0.05) is 50.6 Å². The maximum atomic E-state index is 12.4. The molecule has 0 bridgehead atoms. The smallest absolute Gasteiger partial charge is 0.239 e. The number of carbonyl (C=O) groups is 1. The topological polar surface area (TPSA) is 46.3 Å². The summed E-state index contributed by atoms with van der Waals surface area (Å²) in [7, 11) is 0. The lowest BCUT2D eigenvalue weighted by Gasteiger charge is -2.39. The Hall–Kier alpha value is -1.35. The minimum absolute atomic E-state index is 0.129. The van der Waals surface area contributed by atoms with Gasteiger partial charge in [-0.15, -0.1) is 0 Å². The van der Waals surface area contributed by atoms with Crippen LogP contribution >= 0.6 is 0 Å². The van der Waals surface area contributed by atoms with Crippen molar-refractivity contribution >= 4 is 5.91 Å². The van der Waals surface area contributed by atoms with Gasteiger partial charge in [0.25, 0.3) is 0 Å². The fourth-order valence-corrected chi connectivity index (χ4v) is 2.95. The van der Waals surface area contributed by atoms with E-state index in [9.17, 15) is 4.79 Å². The number of amides is 1. The lowest BCUT2D eigenvalue weighted by Crippen LogP contribution is -2.49. The minimum Gasteiger partial charge on any atom is -0.341 e. The molecule has 1 aromatic carbocycles. The zero-order valence-corrected chi connectivity index (χ0v) is 13.3. The van der Waals surface area contributed by atoms with Crippen LogP contribution in [0.4, 0.5) is 0 Å². The number of likely N-dealkylation sites (tertiary alicyclic amines) is 1. The molecule has 0 spiro atoms. The lowest BCUT2D eigenvalue weighted by molar-refractivity contribution is -0.135. The average Bonchev–Trinajstić information content (AvgIpc) is 2.53. The van der Waals surface area contributed by atoms with E-state index in [2.05, 4.69) is 26.0 Å². The van der Waals surface area contributed by atoms with Gasteiger partial charge in [0.05, 0.1) is 6.04 Å². The van der Waals surface area contributed by atoms with Crippen molar-refractivity contribution in [3.8, 4) is 0 Å². The first-order chi connectivity index (χ1) is 10.0. The van der Waals surface area contributed by atoms with Crippen molar-refractivity contribution in [3.05, 3.63) is 35.9 Å². The fourth-order valence-electron chi connectivity index (χ4n) is 2.95. The summed E-state index contributed by atoms with van der Waals surface area (Å²) in [5.74, 6) is 0.129. The van der Waals surface area contributed by atoms with Crippen molar-refractivity contribution in [2.75, 3.05) is 13.1 Å². The van der Waals surface area contributed by atoms with Crippen molar-refractivity contribution < 1.29 is 4.79 Å². The molecule has 1 heterocycles. The maximum Gasteiger partial charge on any atom is 0.239 e. The third kappa shape index (κ3) is 4.31. The molecule has 2 rings (SSSR count). The molecule has 1 fully saturated rings. The number of nitrogens with zero attached hydrogens (tertiary/aromatic N) is 1. The maximum absolute atomic E-state index is 12.4. The van der Waals surface area contributed by atoms with Crippen LogP contribution in [0, 0.1) is 5.41 Å². The normalized spacial score (nSPS) is 19.3. The number of nitrogens with two attached hydrogens (primary N) is 1. The Kier molecular flexibility index (Phi) is 5.40. The highest BCUT2D eigenvalue weighted by molar-refractivity contribution is 5.81. The molecule has 3 nitrogen and oxygen atoms in total. The van der Waals surface area contributed by atoms with E-state index in [1.54, 1.807) is 0 Å². The largest absolute Gasteiger partial charge is 0.341 e. The number of rotatable bonds is 5. The van der Waals surface area contributed by atoms with Crippen LogP contribution in [-0.2, 0) is 11.2 Å². The molecule has 1 aliphatic rings. The van der Waals surface area contributed by atoms with E-state index in [0.29, 0.717) is 5.41 Å². The summed E-state index contributed by atoms with van der Waals surface area (Å²) in [5, 5.41) is 0. The molecular weight excluding hydrogens is 260 g/mol. The van der Waals surface area contributed by atoms with Crippen LogP contribution in [0.15, 0.2) is 30.3 Å². The molecule has 0 radical (unpaired) electrons. The lowest BCUT2D eigenvalue weighted by atomic mass is 9.78. The van der Waals surface area contributed by atoms with E-state index in [4.69, 9.17) is 5.73 Å². The van der Waals surface area contributed by atoms with Gasteiger partial charge in [-0.05, 0) is 36.7 Å². The molecule has 1 atom stereocenters. The van der Waals surface area contributed by atoms with Crippen LogP contribution in [0.2, 0.25) is 0 Å². The van der Waals surface area contributed by atoms with Gasteiger partial charge in [-0.2, -0.15) is 0 Å². The molecule has 116 valence electrons. The number of carbonyl (C=O) groups excluding carboxylic acids is 1. The van der Waals surface area contributed by atoms with E-state index in [-0.39, 0.29) is 11.9 Å². The van der Waals surface area contributed by atoms with Crippen molar-refractivity contribution in [1.29, 1.82) is 0 Å². The summed E-state index contributed by atoms with van der Waals surface area (Å²) in [5.41, 5.74) is 7.76. The molecule has 1 aromatic rings. The Bertz CT molecular complexity index is 450. The highest BCUT2D eigenvalue weighted by Crippen LogP contribution is 2.34. The summed E-state index contributed by atoms with van der Waals surface area (Å²) in [6, 6.07) is 9.87. The molecule has 2 N–H and O–H groups in total. The fraction of sp³-hybridized carbons (Fsp3) is 0.611. The Morgan fingerprint density at radius 3 is 2.48 bits per heavy atom. The van der Waals surface area contributed by atoms with Gasteiger partial charge < -0.3 is 10.6 Å². The average molecular weight is 288 g/mol. The quantitative estimate of drug-likeness (QED) is 0.905. The van der Waals surface area contributed by atoms with Crippen LogP contribution in [0.3, 0.4) is 0 Å². The number of hydrogen-bond acceptors (Lipinski definition) is 2. The van der Waals surface area contributed by atoms with E-state index >= 15 is 0 Å². The first-order valence-corrected chi connectivity index (χ1v) is 8.12. The van der Waals surface area contributed by atoms with Crippen molar-refractivity contribution in [3.63, 3.8) is 0 Å². The van der Waals surface area contributed by atoms with Gasteiger partial charge in [-0.3, -0.25) is 4.79 Å². The van der Waals surface area contributed by atoms with E-state index in [1.165, 1.54) is 12.0 Å². The van der Waals surface area contributed by atoms with E-state index < -0.39 is 0 Å². The summed E-state index contributed by atoms with van der Waals surface area (Å²) in [4.78, 5) is 14.4. The SMILES string of the molecule is CCC1(C)CCN(C(=O)C(N)CCc2ccccc2)CC1. The molecule has 3 heteroatoms. The Morgan fingerprint density at radius 2 is 1.90 bits per heavy atom. The van der Waals surface area contributed by atoms with Crippen LogP contribution in [0.5, 0.6) is 0 Å². The highest BCUT2D eigenvalue weighted by atomic mass is 16.2. The molecule has 0 saturated carbocycles. The summed E-state index contributed by atoms with van der Waals surface area (Å²) in [6.07, 6.45) is 4.98. The number of hydrogen-bond donors (Lipinski definition) is 1. The predicted octanol–water partition coefficient (Wildman–Crippen LogP) is 2.99. The molecule has 0 aliphatic carbocycles. The molecular formula is C18H28N2O. The molecule has 1 unspecified atom stereocenters. The molecule has 1 aliphatic heterocycles. The molecule has 1 saturated heterocycles. The van der Waals surface area contributed by atoms with Crippen molar-refractivity contribution in [2.24, 2.45) is 11.1 Å². The first-order valence-electron chi connectivity index (χ1n) is 8.12. The van der Waals surface area contributed by atoms with E-state index in [0.717, 1.165) is 38.8 Å². The van der Waals surface area contributed by atoms with Gasteiger partial charge in [-0.25, -0.2) is 0 Å². The second kappa shape index (κ2) is 7.08. The summed E-state index contributed by atoms with van der Waals surface area (Å²) < 4.78 is 0. The van der Waals surface area contributed by atoms with Crippen molar-refractivity contribution in [2.45, 2.75) is 52.0 Å². The summed E-state index contributed by atoms with van der Waals surface area (Å²) >= 11 is 0. The number of aryl methyl sites for hydroxylation is 1. The zero-order chi connectivity index (χ0) is 15.3. The highest BCUT2D eigenvalue weighted by Gasteiger charge is 2.31. The van der Waals surface area contributed by atoms with Crippen LogP contribution in [0.1, 0.15) is 45.1 Å². The third-order valence-electron chi connectivity index (χ3n) is 5.04. The molecule has 1 amide bonds. The monoisotopic (exact) mass is 288 g/mol. The standard InChI is InChI=1S/C18H28N2O/c1-3-18(2)11-13-20(14-12-18)17(21)16(19)10-9-15-7-5-4-6-8-15/h4-8,16H,3,9-14,19H2,1-2H3. The Labute approximate surface area is 128 Å². The predicted molar refractivity (Wildman–Crippen MR) is 87.0 cm³/mol. The van der Waals surface area contributed by atoms with Crippen LogP contribution in [0.25, 0.3) is 0 Å². The third-order valence-corrected chi connectivity index (χ3v) is 5.04. The van der Waals surface area contributed by atoms with Gasteiger partial charge >= 0.3 is 0 Å². The van der Waals surface area contributed by atoms with Gasteiger partial charge in [0.15, 0.2) is 0 Å².